The molecule has 2 heterocycles. The summed E-state index contributed by atoms with van der Waals surface area (Å²) in [5.41, 5.74) is 1.44. The zero-order chi connectivity index (χ0) is 23.4. The summed E-state index contributed by atoms with van der Waals surface area (Å²) in [5, 5.41) is 3.69. The van der Waals surface area contributed by atoms with Crippen molar-refractivity contribution >= 4 is 22.5 Å². The van der Waals surface area contributed by atoms with E-state index in [0.29, 0.717) is 28.3 Å². The first-order chi connectivity index (χ1) is 15.9. The molecule has 4 rings (SSSR count). The van der Waals surface area contributed by atoms with Crippen molar-refractivity contribution in [2.24, 2.45) is 0 Å². The number of methoxy groups -OCH3 is 1. The second-order valence-corrected chi connectivity index (χ2v) is 8.32. The predicted molar refractivity (Wildman–Crippen MR) is 128 cm³/mol. The minimum atomic E-state index is -0.636. The Balaban J connectivity index is 1.55. The summed E-state index contributed by atoms with van der Waals surface area (Å²) in [7, 11) is 1.61. The molecular formula is C26H25N3O4. The van der Waals surface area contributed by atoms with Gasteiger partial charge in [-0.05, 0) is 36.4 Å². The second-order valence-electron chi connectivity index (χ2n) is 8.32. The van der Waals surface area contributed by atoms with E-state index in [1.54, 1.807) is 49.7 Å². The number of nitrogens with zero attached hydrogens (tertiary/aromatic N) is 1. The van der Waals surface area contributed by atoms with Crippen LogP contribution >= 0.6 is 0 Å². The fourth-order valence-corrected chi connectivity index (χ4v) is 3.54. The van der Waals surface area contributed by atoms with Gasteiger partial charge in [0.05, 0.1) is 24.9 Å². The van der Waals surface area contributed by atoms with Gasteiger partial charge in [-0.2, -0.15) is 0 Å². The van der Waals surface area contributed by atoms with Gasteiger partial charge in [0.1, 0.15) is 11.5 Å². The molecule has 0 aliphatic rings. The van der Waals surface area contributed by atoms with Crippen LogP contribution in [-0.4, -0.2) is 29.6 Å². The number of aromatic nitrogens is 2. The maximum Gasteiger partial charge on any atom is 0.255 e. The molecule has 33 heavy (non-hydrogen) atoms. The molecule has 0 saturated carbocycles. The van der Waals surface area contributed by atoms with E-state index in [9.17, 15) is 9.59 Å². The highest BCUT2D eigenvalue weighted by molar-refractivity contribution is 6.04. The lowest BCUT2D eigenvalue weighted by Crippen LogP contribution is -2.33. The molecule has 0 fully saturated rings. The number of ether oxygens (including phenoxy) is 2. The lowest BCUT2D eigenvalue weighted by atomic mass is 9.86. The monoisotopic (exact) mass is 443 g/mol. The van der Waals surface area contributed by atoms with E-state index in [4.69, 9.17) is 9.47 Å². The third-order valence-corrected chi connectivity index (χ3v) is 5.42. The summed E-state index contributed by atoms with van der Waals surface area (Å²) in [5.74, 6) is 1.13. The third-order valence-electron chi connectivity index (χ3n) is 5.42. The Morgan fingerprint density at radius 2 is 1.88 bits per heavy atom. The molecule has 0 unspecified atom stereocenters. The summed E-state index contributed by atoms with van der Waals surface area (Å²) >= 11 is 0. The van der Waals surface area contributed by atoms with Crippen molar-refractivity contribution in [3.05, 3.63) is 94.5 Å². The van der Waals surface area contributed by atoms with Crippen LogP contribution in [0.25, 0.3) is 10.9 Å². The molecule has 0 spiro atoms. The minimum absolute atomic E-state index is 0.231. The van der Waals surface area contributed by atoms with Crippen LogP contribution in [-0.2, 0) is 5.41 Å². The normalized spacial score (nSPS) is 11.2. The number of hydrogen-bond acceptors (Lipinski definition) is 5. The van der Waals surface area contributed by atoms with E-state index < -0.39 is 5.41 Å². The molecule has 0 radical (unpaired) electrons. The number of carbonyl (C=O) groups excluding carboxylic acids is 1. The highest BCUT2D eigenvalue weighted by Crippen LogP contribution is 2.29. The van der Waals surface area contributed by atoms with Gasteiger partial charge in [-0.3, -0.25) is 14.6 Å². The number of anilines is 1. The van der Waals surface area contributed by atoms with Crippen molar-refractivity contribution < 1.29 is 14.3 Å². The van der Waals surface area contributed by atoms with Gasteiger partial charge in [-0.25, -0.2) is 0 Å². The van der Waals surface area contributed by atoms with Gasteiger partial charge in [-0.1, -0.05) is 32.0 Å². The molecule has 7 nitrogen and oxygen atoms in total. The average molecular weight is 444 g/mol. The van der Waals surface area contributed by atoms with E-state index in [-0.39, 0.29) is 18.1 Å². The Morgan fingerprint density at radius 3 is 2.64 bits per heavy atom. The topological polar surface area (TPSA) is 93.3 Å². The largest absolute Gasteiger partial charge is 0.497 e. The SMILES string of the molecule is COc1ccc2c(OCC(C)(C)c3cc(NC(=O)c4ccccc4)c[nH]c3=O)ccnc2c1. The van der Waals surface area contributed by atoms with Gasteiger partial charge in [0.15, 0.2) is 0 Å². The van der Waals surface area contributed by atoms with Gasteiger partial charge in [-0.15, -0.1) is 0 Å². The van der Waals surface area contributed by atoms with Crippen molar-refractivity contribution in [2.75, 3.05) is 19.0 Å². The number of H-pyrrole nitrogens is 1. The fourth-order valence-electron chi connectivity index (χ4n) is 3.54. The summed E-state index contributed by atoms with van der Waals surface area (Å²) in [6.07, 6.45) is 3.17. The maximum absolute atomic E-state index is 12.6. The molecule has 4 aromatic rings. The Hall–Kier alpha value is -4.13. The van der Waals surface area contributed by atoms with Crippen molar-refractivity contribution in [1.82, 2.24) is 9.97 Å². The van der Waals surface area contributed by atoms with Gasteiger partial charge < -0.3 is 19.8 Å². The van der Waals surface area contributed by atoms with Crippen LogP contribution in [0.2, 0.25) is 0 Å². The van der Waals surface area contributed by atoms with E-state index in [2.05, 4.69) is 15.3 Å². The quantitative estimate of drug-likeness (QED) is 0.437. The number of hydrogen-bond donors (Lipinski definition) is 2. The Labute approximate surface area is 191 Å². The van der Waals surface area contributed by atoms with Crippen LogP contribution in [0.3, 0.4) is 0 Å². The summed E-state index contributed by atoms with van der Waals surface area (Å²) in [6, 6.07) is 18.0. The maximum atomic E-state index is 12.6. The van der Waals surface area contributed by atoms with Crippen LogP contribution < -0.4 is 20.3 Å². The zero-order valence-electron chi connectivity index (χ0n) is 18.7. The molecular weight excluding hydrogens is 418 g/mol. The highest BCUT2D eigenvalue weighted by atomic mass is 16.5. The number of rotatable bonds is 7. The number of fused-ring (bicyclic) bond motifs is 1. The number of carbonyl (C=O) groups is 1. The Bertz CT molecular complexity index is 1350. The molecule has 2 aromatic heterocycles. The molecule has 7 heteroatoms. The van der Waals surface area contributed by atoms with Gasteiger partial charge in [0, 0.05) is 40.4 Å². The lowest BCUT2D eigenvalue weighted by Gasteiger charge is -2.25. The molecule has 1 amide bonds. The van der Waals surface area contributed by atoms with Gasteiger partial charge in [0.2, 0.25) is 0 Å². The summed E-state index contributed by atoms with van der Waals surface area (Å²) in [6.45, 7) is 4.09. The van der Waals surface area contributed by atoms with Crippen molar-refractivity contribution in [3.8, 4) is 11.5 Å². The lowest BCUT2D eigenvalue weighted by molar-refractivity contribution is 0.102. The number of aromatic amines is 1. The van der Waals surface area contributed by atoms with Crippen LogP contribution in [0.1, 0.15) is 29.8 Å². The number of nitrogens with one attached hydrogen (secondary N) is 2. The van der Waals surface area contributed by atoms with E-state index in [1.807, 2.05) is 38.1 Å². The minimum Gasteiger partial charge on any atom is -0.497 e. The van der Waals surface area contributed by atoms with Crippen LogP contribution in [0, 0.1) is 0 Å². The van der Waals surface area contributed by atoms with Gasteiger partial charge >= 0.3 is 0 Å². The van der Waals surface area contributed by atoms with Crippen LogP contribution in [0.4, 0.5) is 5.69 Å². The Kier molecular flexibility index (Phi) is 6.13. The fraction of sp³-hybridized carbons (Fsp3) is 0.192. The van der Waals surface area contributed by atoms with Crippen LogP contribution in [0.15, 0.2) is 77.9 Å². The molecule has 0 atom stereocenters. The van der Waals surface area contributed by atoms with Crippen molar-refractivity contribution in [1.29, 1.82) is 0 Å². The number of pyridine rings is 2. The molecule has 0 aliphatic carbocycles. The first-order valence-corrected chi connectivity index (χ1v) is 10.5. The molecule has 2 aromatic carbocycles. The van der Waals surface area contributed by atoms with Crippen LogP contribution in [0.5, 0.6) is 11.5 Å². The first-order valence-electron chi connectivity index (χ1n) is 10.5. The summed E-state index contributed by atoms with van der Waals surface area (Å²) < 4.78 is 11.4. The molecule has 168 valence electrons. The molecule has 0 saturated heterocycles. The average Bonchev–Trinajstić information content (AvgIpc) is 2.84. The smallest absolute Gasteiger partial charge is 0.255 e. The first kappa shape index (κ1) is 22.1. The van der Waals surface area contributed by atoms with E-state index >= 15 is 0 Å². The Morgan fingerprint density at radius 1 is 1.09 bits per heavy atom. The highest BCUT2D eigenvalue weighted by Gasteiger charge is 2.26. The van der Waals surface area contributed by atoms with Crippen molar-refractivity contribution in [2.45, 2.75) is 19.3 Å². The third kappa shape index (κ3) is 4.87. The molecule has 0 aliphatic heterocycles. The van der Waals surface area contributed by atoms with Crippen molar-refractivity contribution in [3.63, 3.8) is 0 Å². The standard InChI is InChI=1S/C26H25N3O4/c1-26(2,16-33-23-11-12-27-22-14-19(32-3)9-10-20(22)23)21-13-18(15-28-25(21)31)29-24(30)17-7-5-4-6-8-17/h4-15H,16H2,1-3H3,(H,28,31)(H,29,30). The van der Waals surface area contributed by atoms with E-state index in [0.717, 1.165) is 10.9 Å². The summed E-state index contributed by atoms with van der Waals surface area (Å²) in [4.78, 5) is 32.2. The van der Waals surface area contributed by atoms with Gasteiger partial charge in [0.25, 0.3) is 11.5 Å². The zero-order valence-corrected chi connectivity index (χ0v) is 18.7. The molecule has 2 N–H and O–H groups in total. The second kappa shape index (κ2) is 9.16. The van der Waals surface area contributed by atoms with E-state index in [1.165, 1.54) is 6.20 Å². The number of benzene rings is 2. The molecule has 0 bridgehead atoms. The predicted octanol–water partition coefficient (Wildman–Crippen LogP) is 4.54. The number of amides is 1.